The van der Waals surface area contributed by atoms with Crippen molar-refractivity contribution in [2.24, 2.45) is 0 Å². The van der Waals surface area contributed by atoms with Crippen LogP contribution in [0.3, 0.4) is 0 Å². The summed E-state index contributed by atoms with van der Waals surface area (Å²) in [6.45, 7) is 0. The van der Waals surface area contributed by atoms with Gasteiger partial charge >= 0.3 is 0 Å². The van der Waals surface area contributed by atoms with Gasteiger partial charge in [-0.3, -0.25) is 9.78 Å². The van der Waals surface area contributed by atoms with Crippen LogP contribution >= 0.6 is 22.6 Å². The lowest BCUT2D eigenvalue weighted by Gasteiger charge is -2.11. The van der Waals surface area contributed by atoms with Crippen LogP contribution in [0.5, 0.6) is 0 Å². The summed E-state index contributed by atoms with van der Waals surface area (Å²) in [6.07, 6.45) is 1.74. The summed E-state index contributed by atoms with van der Waals surface area (Å²) in [5.74, 6) is -0.125. The highest BCUT2D eigenvalue weighted by atomic mass is 127. The lowest BCUT2D eigenvalue weighted by molar-refractivity contribution is 0.102. The van der Waals surface area contributed by atoms with Gasteiger partial charge in [-0.15, -0.1) is 0 Å². The molecule has 1 N–H and O–H groups in total. The maximum atomic E-state index is 12.8. The number of hydrogen-bond donors (Lipinski definition) is 1. The molecule has 24 heavy (non-hydrogen) atoms. The minimum absolute atomic E-state index is 0.125. The van der Waals surface area contributed by atoms with Crippen LogP contribution in [-0.2, 0) is 0 Å². The van der Waals surface area contributed by atoms with E-state index < -0.39 is 0 Å². The van der Waals surface area contributed by atoms with E-state index in [1.165, 1.54) is 0 Å². The van der Waals surface area contributed by atoms with Crippen LogP contribution < -0.4 is 5.32 Å². The fourth-order valence-corrected chi connectivity index (χ4v) is 3.47. The predicted octanol–water partition coefficient (Wildman–Crippen LogP) is 5.24. The molecule has 0 spiro atoms. The van der Waals surface area contributed by atoms with Gasteiger partial charge in [0.05, 0.1) is 11.2 Å². The number of benzene rings is 3. The Hall–Kier alpha value is -2.47. The van der Waals surface area contributed by atoms with Gasteiger partial charge in [0.1, 0.15) is 0 Å². The van der Waals surface area contributed by atoms with Gasteiger partial charge in [0.25, 0.3) is 5.91 Å². The molecule has 1 heterocycles. The number of pyridine rings is 1. The van der Waals surface area contributed by atoms with Gasteiger partial charge in [-0.2, -0.15) is 0 Å². The van der Waals surface area contributed by atoms with E-state index in [1.807, 2.05) is 66.7 Å². The number of nitrogens with zero attached hydrogens (tertiary/aromatic N) is 1. The third-order valence-corrected chi connectivity index (χ3v) is 4.94. The average molecular weight is 424 g/mol. The van der Waals surface area contributed by atoms with Crippen molar-refractivity contribution in [3.05, 3.63) is 82.1 Å². The summed E-state index contributed by atoms with van der Waals surface area (Å²) in [6, 6.07) is 21.5. The van der Waals surface area contributed by atoms with Gasteiger partial charge in [-0.1, -0.05) is 42.5 Å². The highest BCUT2D eigenvalue weighted by Crippen LogP contribution is 2.27. The molecule has 0 fully saturated rings. The number of aromatic nitrogens is 1. The number of anilines is 1. The molecule has 0 unspecified atom stereocenters. The van der Waals surface area contributed by atoms with E-state index in [0.717, 1.165) is 30.9 Å². The Labute approximate surface area is 152 Å². The molecule has 0 aliphatic carbocycles. The lowest BCUT2D eigenvalue weighted by Crippen LogP contribution is -2.13. The Morgan fingerprint density at radius 2 is 1.67 bits per heavy atom. The van der Waals surface area contributed by atoms with Gasteiger partial charge in [-0.25, -0.2) is 0 Å². The average Bonchev–Trinajstić information content (AvgIpc) is 2.64. The number of rotatable bonds is 2. The van der Waals surface area contributed by atoms with Crippen molar-refractivity contribution in [1.82, 2.24) is 4.98 Å². The second kappa shape index (κ2) is 6.20. The van der Waals surface area contributed by atoms with Crippen LogP contribution in [-0.4, -0.2) is 10.9 Å². The number of halogens is 1. The molecule has 4 aromatic rings. The van der Waals surface area contributed by atoms with Crippen LogP contribution in [0.2, 0.25) is 0 Å². The third-order valence-electron chi connectivity index (χ3n) is 4.00. The van der Waals surface area contributed by atoms with Crippen molar-refractivity contribution >= 4 is 55.9 Å². The van der Waals surface area contributed by atoms with Crippen molar-refractivity contribution < 1.29 is 4.79 Å². The molecule has 3 nitrogen and oxygen atoms in total. The number of carbonyl (C=O) groups excluding carboxylic acids is 1. The SMILES string of the molecule is O=C(Nc1ccc(I)c2cccnc12)c1cccc2ccccc12. The Balaban J connectivity index is 1.78. The molecule has 1 amide bonds. The molecule has 0 atom stereocenters. The van der Waals surface area contributed by atoms with Crippen molar-refractivity contribution in [2.45, 2.75) is 0 Å². The zero-order chi connectivity index (χ0) is 16.5. The van der Waals surface area contributed by atoms with Gasteiger partial charge in [0.2, 0.25) is 0 Å². The molecule has 3 aromatic carbocycles. The quantitative estimate of drug-likeness (QED) is 0.447. The largest absolute Gasteiger partial charge is 0.320 e. The minimum atomic E-state index is -0.125. The number of nitrogens with one attached hydrogen (secondary N) is 1. The molecule has 4 heteroatoms. The molecule has 0 aliphatic heterocycles. The Bertz CT molecular complexity index is 1070. The van der Waals surface area contributed by atoms with E-state index in [-0.39, 0.29) is 5.91 Å². The molecule has 0 aliphatic rings. The second-order valence-corrected chi connectivity index (χ2v) is 6.64. The van der Waals surface area contributed by atoms with Crippen molar-refractivity contribution in [3.63, 3.8) is 0 Å². The zero-order valence-electron chi connectivity index (χ0n) is 12.7. The number of amides is 1. The van der Waals surface area contributed by atoms with E-state index in [1.54, 1.807) is 6.20 Å². The predicted molar refractivity (Wildman–Crippen MR) is 106 cm³/mol. The van der Waals surface area contributed by atoms with Crippen LogP contribution in [0.4, 0.5) is 5.69 Å². The van der Waals surface area contributed by atoms with Crippen LogP contribution in [0.15, 0.2) is 72.9 Å². The first-order valence-corrected chi connectivity index (χ1v) is 8.64. The maximum absolute atomic E-state index is 12.8. The first-order valence-electron chi connectivity index (χ1n) is 7.56. The fraction of sp³-hybridized carbons (Fsp3) is 0. The molecule has 0 saturated carbocycles. The van der Waals surface area contributed by atoms with Crippen LogP contribution in [0, 0.1) is 3.57 Å². The zero-order valence-corrected chi connectivity index (χ0v) is 14.8. The van der Waals surface area contributed by atoms with Crippen molar-refractivity contribution in [2.75, 3.05) is 5.32 Å². The molecule has 116 valence electrons. The highest BCUT2D eigenvalue weighted by Gasteiger charge is 2.12. The van der Waals surface area contributed by atoms with Gasteiger partial charge in [0, 0.05) is 20.7 Å². The highest BCUT2D eigenvalue weighted by molar-refractivity contribution is 14.1. The summed E-state index contributed by atoms with van der Waals surface area (Å²) >= 11 is 2.28. The van der Waals surface area contributed by atoms with E-state index in [9.17, 15) is 4.79 Å². The smallest absolute Gasteiger partial charge is 0.256 e. The molecular weight excluding hydrogens is 411 g/mol. The summed E-state index contributed by atoms with van der Waals surface area (Å²) in [5, 5.41) is 6.05. The van der Waals surface area contributed by atoms with E-state index in [0.29, 0.717) is 5.56 Å². The van der Waals surface area contributed by atoms with Crippen LogP contribution in [0.1, 0.15) is 10.4 Å². The first kappa shape index (κ1) is 15.1. The second-order valence-electron chi connectivity index (χ2n) is 5.48. The van der Waals surface area contributed by atoms with E-state index in [4.69, 9.17) is 0 Å². The van der Waals surface area contributed by atoms with Crippen LogP contribution in [0.25, 0.3) is 21.7 Å². The Kier molecular flexibility index (Phi) is 3.90. The summed E-state index contributed by atoms with van der Waals surface area (Å²) < 4.78 is 1.11. The third kappa shape index (κ3) is 2.63. The normalized spacial score (nSPS) is 10.9. The molecule has 1 aromatic heterocycles. The number of hydrogen-bond acceptors (Lipinski definition) is 2. The molecule has 0 bridgehead atoms. The number of fused-ring (bicyclic) bond motifs is 2. The topological polar surface area (TPSA) is 42.0 Å². The van der Waals surface area contributed by atoms with Gasteiger partial charge in [-0.05, 0) is 57.6 Å². The fourth-order valence-electron chi connectivity index (χ4n) is 2.85. The number of carbonyl (C=O) groups is 1. The first-order chi connectivity index (χ1) is 11.7. The van der Waals surface area contributed by atoms with Gasteiger partial charge in [0.15, 0.2) is 0 Å². The Morgan fingerprint density at radius 3 is 2.58 bits per heavy atom. The summed E-state index contributed by atoms with van der Waals surface area (Å²) in [7, 11) is 0. The maximum Gasteiger partial charge on any atom is 0.256 e. The lowest BCUT2D eigenvalue weighted by atomic mass is 10.0. The van der Waals surface area contributed by atoms with E-state index in [2.05, 4.69) is 32.9 Å². The van der Waals surface area contributed by atoms with Gasteiger partial charge < -0.3 is 5.32 Å². The standard InChI is InChI=1S/C20H13IN2O/c21-17-10-11-18(19-16(17)9-4-12-22-19)23-20(24)15-8-3-6-13-5-1-2-7-14(13)15/h1-12H,(H,23,24). The molecular formula is C20H13IN2O. The summed E-state index contributed by atoms with van der Waals surface area (Å²) in [4.78, 5) is 17.2. The summed E-state index contributed by atoms with van der Waals surface area (Å²) in [5.41, 5.74) is 2.19. The minimum Gasteiger partial charge on any atom is -0.320 e. The monoisotopic (exact) mass is 424 g/mol. The van der Waals surface area contributed by atoms with Crippen molar-refractivity contribution in [3.8, 4) is 0 Å². The molecule has 0 saturated heterocycles. The Morgan fingerprint density at radius 1 is 0.875 bits per heavy atom. The van der Waals surface area contributed by atoms with Crippen molar-refractivity contribution in [1.29, 1.82) is 0 Å². The molecule has 4 rings (SSSR count). The van der Waals surface area contributed by atoms with E-state index >= 15 is 0 Å². The molecule has 0 radical (unpaired) electrons.